The molecule has 21 heavy (non-hydrogen) atoms. The molecule has 0 fully saturated rings. The average molecular weight is 284 g/mol. The number of hydrogen-bond donors (Lipinski definition) is 2. The van der Waals surface area contributed by atoms with Crippen molar-refractivity contribution in [3.8, 4) is 11.8 Å². The second-order valence-corrected chi connectivity index (χ2v) is 5.25. The highest BCUT2D eigenvalue weighted by molar-refractivity contribution is 5.47. The van der Waals surface area contributed by atoms with Gasteiger partial charge in [-0.1, -0.05) is 18.2 Å². The van der Waals surface area contributed by atoms with Crippen LogP contribution in [0.15, 0.2) is 48.5 Å². The third-order valence-electron chi connectivity index (χ3n) is 3.34. The highest BCUT2D eigenvalue weighted by Gasteiger charge is 2.23. The van der Waals surface area contributed by atoms with Crippen molar-refractivity contribution >= 4 is 5.69 Å². The Morgan fingerprint density at radius 3 is 2.57 bits per heavy atom. The smallest absolute Gasteiger partial charge is 0.125 e. The zero-order chi connectivity index (χ0) is 15.3. The van der Waals surface area contributed by atoms with E-state index in [-0.39, 0.29) is 11.6 Å². The van der Waals surface area contributed by atoms with E-state index in [1.807, 2.05) is 12.1 Å². The van der Waals surface area contributed by atoms with Gasteiger partial charge in [0.05, 0.1) is 6.07 Å². The van der Waals surface area contributed by atoms with Gasteiger partial charge in [-0.2, -0.15) is 5.26 Å². The molecule has 2 aromatic rings. The molecule has 1 atom stereocenters. The number of phenols is 1. The highest BCUT2D eigenvalue weighted by atomic mass is 19.1. The first-order valence-electron chi connectivity index (χ1n) is 6.74. The van der Waals surface area contributed by atoms with Crippen molar-refractivity contribution in [2.24, 2.45) is 0 Å². The lowest BCUT2D eigenvalue weighted by molar-refractivity contribution is 0.475. The van der Waals surface area contributed by atoms with Crippen LogP contribution in [0.1, 0.15) is 18.9 Å². The Morgan fingerprint density at radius 2 is 1.95 bits per heavy atom. The van der Waals surface area contributed by atoms with Crippen molar-refractivity contribution in [1.82, 2.24) is 0 Å². The molecule has 2 N–H and O–H groups in total. The van der Waals surface area contributed by atoms with Crippen molar-refractivity contribution in [1.29, 1.82) is 5.26 Å². The van der Waals surface area contributed by atoms with Gasteiger partial charge in [0.1, 0.15) is 17.1 Å². The van der Waals surface area contributed by atoms with Gasteiger partial charge in [0.25, 0.3) is 0 Å². The average Bonchev–Trinajstić information content (AvgIpc) is 2.47. The third kappa shape index (κ3) is 4.22. The van der Waals surface area contributed by atoms with E-state index in [2.05, 4.69) is 11.4 Å². The van der Waals surface area contributed by atoms with Crippen LogP contribution in [-0.4, -0.2) is 10.6 Å². The van der Waals surface area contributed by atoms with Crippen molar-refractivity contribution in [3.05, 3.63) is 59.9 Å². The molecule has 2 rings (SSSR count). The number of hydrogen-bond acceptors (Lipinski definition) is 3. The summed E-state index contributed by atoms with van der Waals surface area (Å²) in [5.41, 5.74) is 0.839. The monoisotopic (exact) mass is 284 g/mol. The highest BCUT2D eigenvalue weighted by Crippen LogP contribution is 2.21. The Balaban J connectivity index is 2.04. The summed E-state index contributed by atoms with van der Waals surface area (Å²) in [5.74, 6) is -0.112. The first-order valence-corrected chi connectivity index (χ1v) is 6.74. The number of nitriles is 1. The molecule has 2 aromatic carbocycles. The van der Waals surface area contributed by atoms with Crippen LogP contribution >= 0.6 is 0 Å². The zero-order valence-electron chi connectivity index (χ0n) is 11.8. The molecule has 0 aromatic heterocycles. The fourth-order valence-corrected chi connectivity index (χ4v) is 2.09. The van der Waals surface area contributed by atoms with Gasteiger partial charge < -0.3 is 10.4 Å². The number of nitrogens with zero attached hydrogens (tertiary/aromatic N) is 1. The van der Waals surface area contributed by atoms with Crippen LogP contribution in [0.3, 0.4) is 0 Å². The van der Waals surface area contributed by atoms with Gasteiger partial charge in [-0.05, 0) is 55.7 Å². The lowest BCUT2D eigenvalue weighted by Crippen LogP contribution is -2.33. The minimum atomic E-state index is -0.786. The van der Waals surface area contributed by atoms with E-state index >= 15 is 0 Å². The van der Waals surface area contributed by atoms with Crippen LogP contribution in [0.25, 0.3) is 0 Å². The molecule has 1 unspecified atom stereocenters. The van der Waals surface area contributed by atoms with Gasteiger partial charge in [0.15, 0.2) is 0 Å². The fraction of sp³-hybridized carbons (Fsp3) is 0.235. The predicted molar refractivity (Wildman–Crippen MR) is 80.5 cm³/mol. The molecule has 0 amide bonds. The zero-order valence-corrected chi connectivity index (χ0v) is 11.8. The normalized spacial score (nSPS) is 13.2. The van der Waals surface area contributed by atoms with Crippen LogP contribution in [0, 0.1) is 17.1 Å². The van der Waals surface area contributed by atoms with Crippen LogP contribution in [0.4, 0.5) is 10.1 Å². The number of nitrogens with one attached hydrogen (secondary N) is 1. The Hall–Kier alpha value is -2.54. The van der Waals surface area contributed by atoms with E-state index in [9.17, 15) is 14.8 Å². The standard InChI is InChI=1S/C17H17FN2O/c1-17(12-19,20-15-4-2-3-14(18)11-15)10-9-13-5-7-16(21)8-6-13/h2-8,11,20-21H,9-10H2,1H3. The molecular formula is C17H17FN2O. The van der Waals surface area contributed by atoms with Crippen LogP contribution in [-0.2, 0) is 6.42 Å². The van der Waals surface area contributed by atoms with Gasteiger partial charge in [-0.15, -0.1) is 0 Å². The van der Waals surface area contributed by atoms with E-state index in [1.165, 1.54) is 12.1 Å². The number of benzene rings is 2. The van der Waals surface area contributed by atoms with Crippen molar-refractivity contribution < 1.29 is 9.50 Å². The quantitative estimate of drug-likeness (QED) is 0.876. The molecule has 0 saturated carbocycles. The number of rotatable bonds is 5. The first-order chi connectivity index (χ1) is 10.0. The summed E-state index contributed by atoms with van der Waals surface area (Å²) in [4.78, 5) is 0. The van der Waals surface area contributed by atoms with Crippen molar-refractivity contribution in [3.63, 3.8) is 0 Å². The summed E-state index contributed by atoms with van der Waals surface area (Å²) >= 11 is 0. The maximum absolute atomic E-state index is 13.2. The summed E-state index contributed by atoms with van der Waals surface area (Å²) in [6.45, 7) is 1.79. The van der Waals surface area contributed by atoms with Gasteiger partial charge in [-0.25, -0.2) is 4.39 Å². The maximum Gasteiger partial charge on any atom is 0.125 e. The minimum Gasteiger partial charge on any atom is -0.508 e. The van der Waals surface area contributed by atoms with Gasteiger partial charge in [0, 0.05) is 5.69 Å². The molecule has 0 bridgehead atoms. The number of halogens is 1. The van der Waals surface area contributed by atoms with Gasteiger partial charge in [0.2, 0.25) is 0 Å². The number of aromatic hydroxyl groups is 1. The number of anilines is 1. The molecule has 3 nitrogen and oxygen atoms in total. The van der Waals surface area contributed by atoms with E-state index < -0.39 is 5.54 Å². The molecule has 108 valence electrons. The first kappa shape index (κ1) is 14.9. The Morgan fingerprint density at radius 1 is 1.24 bits per heavy atom. The summed E-state index contributed by atoms with van der Waals surface area (Å²) in [5, 5.41) is 21.7. The Kier molecular flexibility index (Phi) is 4.44. The third-order valence-corrected chi connectivity index (χ3v) is 3.34. The Bertz CT molecular complexity index is 649. The van der Waals surface area contributed by atoms with Crippen molar-refractivity contribution in [2.45, 2.75) is 25.3 Å². The van der Waals surface area contributed by atoms with Crippen LogP contribution < -0.4 is 5.32 Å². The molecule has 0 saturated heterocycles. The lowest BCUT2D eigenvalue weighted by atomic mass is 9.94. The summed E-state index contributed by atoms with van der Waals surface area (Å²) in [6, 6.07) is 15.2. The second kappa shape index (κ2) is 6.27. The molecule has 0 heterocycles. The van der Waals surface area contributed by atoms with E-state index in [1.54, 1.807) is 31.2 Å². The van der Waals surface area contributed by atoms with Gasteiger partial charge >= 0.3 is 0 Å². The molecule has 0 aliphatic heterocycles. The van der Waals surface area contributed by atoms with Gasteiger partial charge in [-0.3, -0.25) is 0 Å². The van der Waals surface area contributed by atoms with Crippen LogP contribution in [0.2, 0.25) is 0 Å². The van der Waals surface area contributed by atoms with E-state index in [0.717, 1.165) is 5.56 Å². The summed E-state index contributed by atoms with van der Waals surface area (Å²) in [6.07, 6.45) is 1.26. The second-order valence-electron chi connectivity index (χ2n) is 5.25. The Labute approximate surface area is 123 Å². The largest absolute Gasteiger partial charge is 0.508 e. The SMILES string of the molecule is CC(C#N)(CCc1ccc(O)cc1)Nc1cccc(F)c1. The lowest BCUT2D eigenvalue weighted by Gasteiger charge is -2.24. The van der Waals surface area contributed by atoms with E-state index in [4.69, 9.17) is 0 Å². The molecular weight excluding hydrogens is 267 g/mol. The maximum atomic E-state index is 13.2. The van der Waals surface area contributed by atoms with E-state index in [0.29, 0.717) is 18.5 Å². The molecule has 0 spiro atoms. The molecule has 0 radical (unpaired) electrons. The fourth-order valence-electron chi connectivity index (χ4n) is 2.09. The molecule has 0 aliphatic carbocycles. The summed E-state index contributed by atoms with van der Waals surface area (Å²) in [7, 11) is 0. The van der Waals surface area contributed by atoms with Crippen molar-refractivity contribution in [2.75, 3.05) is 5.32 Å². The topological polar surface area (TPSA) is 56.0 Å². The van der Waals surface area contributed by atoms with Crippen LogP contribution in [0.5, 0.6) is 5.75 Å². The predicted octanol–water partition coefficient (Wildman–Crippen LogP) is 3.86. The number of phenolic OH excluding ortho intramolecular Hbond substituents is 1. The molecule has 4 heteroatoms. The summed E-state index contributed by atoms with van der Waals surface area (Å²) < 4.78 is 13.2. The minimum absolute atomic E-state index is 0.222. The number of aryl methyl sites for hydroxylation is 1. The molecule has 0 aliphatic rings.